The van der Waals surface area contributed by atoms with E-state index in [2.05, 4.69) is 20.7 Å². The van der Waals surface area contributed by atoms with Crippen LogP contribution in [0.25, 0.3) is 0 Å². The lowest BCUT2D eigenvalue weighted by Crippen LogP contribution is -2.35. The van der Waals surface area contributed by atoms with Crippen molar-refractivity contribution in [3.05, 3.63) is 83.7 Å². The maximum atomic E-state index is 13.1. The minimum atomic E-state index is -0.370. The third-order valence-electron chi connectivity index (χ3n) is 4.01. The van der Waals surface area contributed by atoms with Crippen LogP contribution in [0.1, 0.15) is 21.5 Å². The Bertz CT molecular complexity index is 926. The number of carbonyl (C=O) groups is 2. The zero-order valence-corrected chi connectivity index (χ0v) is 15.1. The first-order chi connectivity index (χ1) is 13.6. The van der Waals surface area contributed by atoms with Crippen molar-refractivity contribution in [3.63, 3.8) is 0 Å². The number of aromatic nitrogens is 3. The van der Waals surface area contributed by atoms with E-state index >= 15 is 0 Å². The summed E-state index contributed by atoms with van der Waals surface area (Å²) in [5.41, 5.74) is 2.15. The molecule has 0 unspecified atom stereocenters. The Morgan fingerprint density at radius 2 is 1.79 bits per heavy atom. The molecule has 8 heteroatoms. The molecule has 2 amide bonds. The van der Waals surface area contributed by atoms with Crippen LogP contribution in [-0.4, -0.2) is 39.7 Å². The molecule has 0 bridgehead atoms. The number of rotatable bonds is 8. The molecule has 2 N–H and O–H groups in total. The third kappa shape index (κ3) is 5.73. The van der Waals surface area contributed by atoms with Crippen LogP contribution in [0.4, 0.5) is 4.39 Å². The van der Waals surface area contributed by atoms with Crippen LogP contribution in [-0.2, 0) is 17.8 Å². The number of halogens is 1. The summed E-state index contributed by atoms with van der Waals surface area (Å²) in [7, 11) is 0. The van der Waals surface area contributed by atoms with Gasteiger partial charge in [-0.15, -0.1) is 0 Å². The van der Waals surface area contributed by atoms with Crippen molar-refractivity contribution in [2.75, 3.05) is 13.1 Å². The molecular formula is C20H20FN5O2. The number of carbonyl (C=O) groups excluding carboxylic acids is 2. The van der Waals surface area contributed by atoms with E-state index in [1.54, 1.807) is 35.3 Å². The standard InChI is InChI=1S/C20H20FN5O2/c21-18-3-1-2-16(10-18)11-19(27)23-8-9-24-20(28)17-6-4-15(5-7-17)12-26-14-22-13-25-26/h1-7,10,13-14H,8-9,11-12H2,(H,23,27)(H,24,28). The van der Waals surface area contributed by atoms with E-state index in [9.17, 15) is 14.0 Å². The summed E-state index contributed by atoms with van der Waals surface area (Å²) in [4.78, 5) is 27.9. The van der Waals surface area contributed by atoms with Crippen LogP contribution >= 0.6 is 0 Å². The topological polar surface area (TPSA) is 88.9 Å². The second-order valence-corrected chi connectivity index (χ2v) is 6.20. The minimum absolute atomic E-state index is 0.0962. The van der Waals surface area contributed by atoms with Crippen molar-refractivity contribution in [1.82, 2.24) is 25.4 Å². The molecule has 0 aliphatic heterocycles. The highest BCUT2D eigenvalue weighted by atomic mass is 19.1. The predicted octanol–water partition coefficient (Wildman–Crippen LogP) is 1.55. The van der Waals surface area contributed by atoms with Gasteiger partial charge in [-0.25, -0.2) is 14.1 Å². The molecule has 1 heterocycles. The Kier molecular flexibility index (Phi) is 6.46. The molecule has 3 rings (SSSR count). The summed E-state index contributed by atoms with van der Waals surface area (Å²) in [6.45, 7) is 1.18. The smallest absolute Gasteiger partial charge is 0.251 e. The van der Waals surface area contributed by atoms with E-state index in [1.807, 2.05) is 12.1 Å². The van der Waals surface area contributed by atoms with Crippen LogP contribution in [0, 0.1) is 5.82 Å². The molecule has 7 nitrogen and oxygen atoms in total. The molecule has 0 radical (unpaired) electrons. The van der Waals surface area contributed by atoms with Gasteiger partial charge in [0.15, 0.2) is 0 Å². The molecule has 0 spiro atoms. The lowest BCUT2D eigenvalue weighted by Gasteiger charge is -2.08. The van der Waals surface area contributed by atoms with Crippen molar-refractivity contribution >= 4 is 11.8 Å². The maximum Gasteiger partial charge on any atom is 0.251 e. The number of benzene rings is 2. The summed E-state index contributed by atoms with van der Waals surface area (Å²) in [5, 5.41) is 9.49. The van der Waals surface area contributed by atoms with Gasteiger partial charge in [0.2, 0.25) is 5.91 Å². The van der Waals surface area contributed by atoms with Crippen LogP contribution < -0.4 is 10.6 Å². The summed E-state index contributed by atoms with van der Waals surface area (Å²) in [5.74, 6) is -0.811. The van der Waals surface area contributed by atoms with E-state index in [0.717, 1.165) is 5.56 Å². The SMILES string of the molecule is O=C(Cc1cccc(F)c1)NCCNC(=O)c1ccc(Cn2cncn2)cc1. The Hall–Kier alpha value is -3.55. The van der Waals surface area contributed by atoms with E-state index in [0.29, 0.717) is 30.8 Å². The van der Waals surface area contributed by atoms with Crippen LogP contribution in [0.3, 0.4) is 0 Å². The Balaban J connectivity index is 1.38. The van der Waals surface area contributed by atoms with Crippen molar-refractivity contribution in [2.45, 2.75) is 13.0 Å². The Labute approximate surface area is 161 Å². The van der Waals surface area contributed by atoms with Crippen molar-refractivity contribution < 1.29 is 14.0 Å². The predicted molar refractivity (Wildman–Crippen MR) is 101 cm³/mol. The van der Waals surface area contributed by atoms with Gasteiger partial charge in [-0.05, 0) is 35.4 Å². The quantitative estimate of drug-likeness (QED) is 0.580. The van der Waals surface area contributed by atoms with Crippen molar-refractivity contribution in [2.24, 2.45) is 0 Å². The van der Waals surface area contributed by atoms with Gasteiger partial charge in [0.25, 0.3) is 5.91 Å². The first-order valence-corrected chi connectivity index (χ1v) is 8.81. The minimum Gasteiger partial charge on any atom is -0.354 e. The zero-order chi connectivity index (χ0) is 19.8. The number of hydrogen-bond donors (Lipinski definition) is 2. The zero-order valence-electron chi connectivity index (χ0n) is 15.1. The van der Waals surface area contributed by atoms with E-state index in [4.69, 9.17) is 0 Å². The fourth-order valence-corrected chi connectivity index (χ4v) is 2.64. The van der Waals surface area contributed by atoms with Gasteiger partial charge in [0, 0.05) is 18.7 Å². The van der Waals surface area contributed by atoms with Gasteiger partial charge in [-0.3, -0.25) is 9.59 Å². The number of nitrogens with zero attached hydrogens (tertiary/aromatic N) is 3. The fourth-order valence-electron chi connectivity index (χ4n) is 2.64. The molecule has 0 aliphatic carbocycles. The number of nitrogens with one attached hydrogen (secondary N) is 2. The average Bonchev–Trinajstić information content (AvgIpc) is 3.19. The average molecular weight is 381 g/mol. The lowest BCUT2D eigenvalue weighted by atomic mass is 10.1. The normalized spacial score (nSPS) is 10.5. The number of hydrogen-bond acceptors (Lipinski definition) is 4. The molecule has 0 fully saturated rings. The highest BCUT2D eigenvalue weighted by Crippen LogP contribution is 2.06. The summed E-state index contributed by atoms with van der Waals surface area (Å²) in [6.07, 6.45) is 3.20. The second-order valence-electron chi connectivity index (χ2n) is 6.20. The van der Waals surface area contributed by atoms with Gasteiger partial charge in [-0.1, -0.05) is 24.3 Å². The summed E-state index contributed by atoms with van der Waals surface area (Å²) < 4.78 is 14.8. The molecule has 28 heavy (non-hydrogen) atoms. The first kappa shape index (κ1) is 19.2. The monoisotopic (exact) mass is 381 g/mol. The van der Waals surface area contributed by atoms with Gasteiger partial charge in [0.05, 0.1) is 13.0 Å². The van der Waals surface area contributed by atoms with Crippen LogP contribution in [0.2, 0.25) is 0 Å². The van der Waals surface area contributed by atoms with E-state index in [-0.39, 0.29) is 24.1 Å². The van der Waals surface area contributed by atoms with Gasteiger partial charge in [0.1, 0.15) is 18.5 Å². The van der Waals surface area contributed by atoms with Gasteiger partial charge >= 0.3 is 0 Å². The largest absolute Gasteiger partial charge is 0.354 e. The van der Waals surface area contributed by atoms with Crippen LogP contribution in [0.5, 0.6) is 0 Å². The Morgan fingerprint density at radius 1 is 1.00 bits per heavy atom. The molecule has 0 aliphatic rings. The third-order valence-corrected chi connectivity index (χ3v) is 4.01. The van der Waals surface area contributed by atoms with Crippen LogP contribution in [0.15, 0.2) is 61.2 Å². The molecule has 0 saturated heterocycles. The van der Waals surface area contributed by atoms with Gasteiger partial charge in [-0.2, -0.15) is 5.10 Å². The Morgan fingerprint density at radius 3 is 2.50 bits per heavy atom. The molecule has 0 saturated carbocycles. The first-order valence-electron chi connectivity index (χ1n) is 8.81. The summed E-state index contributed by atoms with van der Waals surface area (Å²) in [6, 6.07) is 13.1. The molecular weight excluding hydrogens is 361 g/mol. The highest BCUT2D eigenvalue weighted by molar-refractivity contribution is 5.94. The molecule has 2 aromatic carbocycles. The van der Waals surface area contributed by atoms with Gasteiger partial charge < -0.3 is 10.6 Å². The second kappa shape index (κ2) is 9.40. The molecule has 1 aromatic heterocycles. The van der Waals surface area contributed by atoms with Crippen molar-refractivity contribution in [3.8, 4) is 0 Å². The lowest BCUT2D eigenvalue weighted by molar-refractivity contribution is -0.120. The van der Waals surface area contributed by atoms with E-state index in [1.165, 1.54) is 18.5 Å². The van der Waals surface area contributed by atoms with E-state index < -0.39 is 0 Å². The molecule has 3 aromatic rings. The fraction of sp³-hybridized carbons (Fsp3) is 0.200. The summed E-state index contributed by atoms with van der Waals surface area (Å²) >= 11 is 0. The maximum absolute atomic E-state index is 13.1. The number of amides is 2. The van der Waals surface area contributed by atoms with Crippen molar-refractivity contribution in [1.29, 1.82) is 0 Å². The molecule has 144 valence electrons. The molecule has 0 atom stereocenters. The highest BCUT2D eigenvalue weighted by Gasteiger charge is 2.07.